The molecule has 0 radical (unpaired) electrons. The zero-order chi connectivity index (χ0) is 14.7. The maximum absolute atomic E-state index is 11.9. The predicted molar refractivity (Wildman–Crippen MR) is 75.4 cm³/mol. The number of rotatable bonds is 4. The first kappa shape index (κ1) is 14.2. The molecule has 0 heterocycles. The first-order chi connectivity index (χ1) is 9.49. The lowest BCUT2D eigenvalue weighted by molar-refractivity contribution is 0.0918. The van der Waals surface area contributed by atoms with Gasteiger partial charge in [-0.25, -0.2) is 0 Å². The summed E-state index contributed by atoms with van der Waals surface area (Å²) in [5, 5.41) is 28.1. The molecule has 0 aliphatic rings. The number of Topliss-reactive ketones (excluding diaryl/α,β-unsaturated/α-hetero) is 1. The first-order valence-corrected chi connectivity index (χ1v) is 6.44. The van der Waals surface area contributed by atoms with Gasteiger partial charge in [-0.2, -0.15) is 0 Å². The van der Waals surface area contributed by atoms with Crippen molar-refractivity contribution in [2.75, 3.05) is 6.61 Å². The number of ether oxygens (including phenoxy) is 1. The number of benzene rings is 2. The van der Waals surface area contributed by atoms with Crippen molar-refractivity contribution in [3.05, 3.63) is 46.4 Å². The molecule has 2 rings (SSSR count). The van der Waals surface area contributed by atoms with Crippen LogP contribution in [0.4, 0.5) is 0 Å². The van der Waals surface area contributed by atoms with Crippen molar-refractivity contribution in [2.24, 2.45) is 0 Å². The molecule has 6 heteroatoms. The van der Waals surface area contributed by atoms with E-state index in [4.69, 9.17) is 4.74 Å². The molecule has 20 heavy (non-hydrogen) atoms. The molecule has 0 saturated carbocycles. The van der Waals surface area contributed by atoms with Gasteiger partial charge in [0, 0.05) is 4.47 Å². The Morgan fingerprint density at radius 1 is 1.00 bits per heavy atom. The molecule has 0 aliphatic carbocycles. The number of halogens is 1. The SMILES string of the molecule is O=C(COc1ccc(Br)cc1)c1ccc(O)c(O)c1O. The predicted octanol–water partition coefficient (Wildman–Crippen LogP) is 2.83. The van der Waals surface area contributed by atoms with Crippen LogP contribution in [0.2, 0.25) is 0 Å². The molecule has 2 aromatic rings. The normalized spacial score (nSPS) is 10.2. The standard InChI is InChI=1S/C14H11BrO5/c15-8-1-3-9(4-2-8)20-7-12(17)10-5-6-11(16)14(19)13(10)18/h1-6,16,18-19H,7H2. The van der Waals surface area contributed by atoms with Gasteiger partial charge in [0.05, 0.1) is 5.56 Å². The van der Waals surface area contributed by atoms with Crippen LogP contribution in [0.3, 0.4) is 0 Å². The van der Waals surface area contributed by atoms with Crippen LogP contribution in [0.5, 0.6) is 23.0 Å². The van der Waals surface area contributed by atoms with Gasteiger partial charge in [0.2, 0.25) is 11.5 Å². The van der Waals surface area contributed by atoms with Gasteiger partial charge in [-0.3, -0.25) is 4.79 Å². The summed E-state index contributed by atoms with van der Waals surface area (Å²) >= 11 is 3.28. The monoisotopic (exact) mass is 338 g/mol. The minimum absolute atomic E-state index is 0.114. The number of carbonyl (C=O) groups excluding carboxylic acids is 1. The third-order valence-electron chi connectivity index (χ3n) is 2.61. The van der Waals surface area contributed by atoms with Gasteiger partial charge >= 0.3 is 0 Å². The highest BCUT2D eigenvalue weighted by Gasteiger charge is 2.17. The Morgan fingerprint density at radius 2 is 1.65 bits per heavy atom. The number of hydrogen-bond acceptors (Lipinski definition) is 5. The molecule has 104 valence electrons. The number of aromatic hydroxyl groups is 3. The Hall–Kier alpha value is -2.21. The topological polar surface area (TPSA) is 87.0 Å². The summed E-state index contributed by atoms with van der Waals surface area (Å²) in [7, 11) is 0. The summed E-state index contributed by atoms with van der Waals surface area (Å²) in [6.07, 6.45) is 0. The minimum atomic E-state index is -0.723. The van der Waals surface area contributed by atoms with E-state index in [0.29, 0.717) is 5.75 Å². The summed E-state index contributed by atoms with van der Waals surface area (Å²) in [6, 6.07) is 9.25. The smallest absolute Gasteiger partial charge is 0.204 e. The van der Waals surface area contributed by atoms with Gasteiger partial charge in [-0.1, -0.05) is 15.9 Å². The van der Waals surface area contributed by atoms with Crippen molar-refractivity contribution in [3.8, 4) is 23.0 Å². The lowest BCUT2D eigenvalue weighted by Crippen LogP contribution is -2.11. The van der Waals surface area contributed by atoms with Crippen molar-refractivity contribution >= 4 is 21.7 Å². The van der Waals surface area contributed by atoms with Crippen LogP contribution < -0.4 is 4.74 Å². The molecule has 3 N–H and O–H groups in total. The maximum atomic E-state index is 11.9. The summed E-state index contributed by atoms with van der Waals surface area (Å²) in [5.74, 6) is -1.88. The van der Waals surface area contributed by atoms with Crippen LogP contribution in [0.25, 0.3) is 0 Å². The minimum Gasteiger partial charge on any atom is -0.504 e. The Labute approximate surface area is 123 Å². The third-order valence-corrected chi connectivity index (χ3v) is 3.14. The van der Waals surface area contributed by atoms with Crippen molar-refractivity contribution < 1.29 is 24.9 Å². The molecule has 0 amide bonds. The van der Waals surface area contributed by atoms with Gasteiger partial charge in [0.15, 0.2) is 18.1 Å². The van der Waals surface area contributed by atoms with E-state index < -0.39 is 23.0 Å². The number of phenolic OH excluding ortho intramolecular Hbond substituents is 3. The molecule has 0 bridgehead atoms. The Kier molecular flexibility index (Phi) is 4.14. The highest BCUT2D eigenvalue weighted by Crippen LogP contribution is 2.37. The third kappa shape index (κ3) is 3.03. The molecular weight excluding hydrogens is 328 g/mol. The summed E-state index contributed by atoms with van der Waals surface area (Å²) in [6.45, 7) is -0.292. The Morgan fingerprint density at radius 3 is 2.30 bits per heavy atom. The molecule has 0 aliphatic heterocycles. The number of hydrogen-bond donors (Lipinski definition) is 3. The first-order valence-electron chi connectivity index (χ1n) is 5.64. The fraction of sp³-hybridized carbons (Fsp3) is 0.0714. The largest absolute Gasteiger partial charge is 0.504 e. The fourth-order valence-corrected chi connectivity index (χ4v) is 1.82. The van der Waals surface area contributed by atoms with E-state index in [1.165, 1.54) is 6.07 Å². The zero-order valence-corrected chi connectivity index (χ0v) is 11.8. The van der Waals surface area contributed by atoms with E-state index in [-0.39, 0.29) is 12.2 Å². The van der Waals surface area contributed by atoms with Crippen LogP contribution in [-0.4, -0.2) is 27.7 Å². The Bertz CT molecular complexity index is 637. The van der Waals surface area contributed by atoms with Gasteiger partial charge in [0.1, 0.15) is 5.75 Å². The van der Waals surface area contributed by atoms with Crippen molar-refractivity contribution in [1.29, 1.82) is 0 Å². The van der Waals surface area contributed by atoms with Crippen LogP contribution in [0.15, 0.2) is 40.9 Å². The van der Waals surface area contributed by atoms with Gasteiger partial charge in [-0.05, 0) is 36.4 Å². The van der Waals surface area contributed by atoms with Gasteiger partial charge in [0.25, 0.3) is 0 Å². The number of ketones is 1. The zero-order valence-electron chi connectivity index (χ0n) is 10.2. The molecule has 0 aromatic heterocycles. The van der Waals surface area contributed by atoms with E-state index in [0.717, 1.165) is 10.5 Å². The average molecular weight is 339 g/mol. The molecule has 0 spiro atoms. The molecule has 5 nitrogen and oxygen atoms in total. The van der Waals surface area contributed by atoms with Gasteiger partial charge < -0.3 is 20.1 Å². The number of phenols is 3. The second kappa shape index (κ2) is 5.83. The van der Waals surface area contributed by atoms with E-state index in [2.05, 4.69) is 15.9 Å². The average Bonchev–Trinajstić information content (AvgIpc) is 2.44. The van der Waals surface area contributed by atoms with Crippen LogP contribution in [0.1, 0.15) is 10.4 Å². The quantitative estimate of drug-likeness (QED) is 0.589. The van der Waals surface area contributed by atoms with Crippen LogP contribution >= 0.6 is 15.9 Å². The number of carbonyl (C=O) groups is 1. The lowest BCUT2D eigenvalue weighted by atomic mass is 10.1. The summed E-state index contributed by atoms with van der Waals surface area (Å²) in [5.41, 5.74) is -0.114. The van der Waals surface area contributed by atoms with Crippen molar-refractivity contribution in [3.63, 3.8) is 0 Å². The van der Waals surface area contributed by atoms with E-state index in [1.807, 2.05) is 0 Å². The van der Waals surface area contributed by atoms with E-state index >= 15 is 0 Å². The molecule has 0 fully saturated rings. The highest BCUT2D eigenvalue weighted by atomic mass is 79.9. The summed E-state index contributed by atoms with van der Waals surface area (Å²) < 4.78 is 6.16. The van der Waals surface area contributed by atoms with E-state index in [9.17, 15) is 20.1 Å². The molecular formula is C14H11BrO5. The Balaban J connectivity index is 2.09. The second-order valence-corrected chi connectivity index (χ2v) is 4.91. The second-order valence-electron chi connectivity index (χ2n) is 4.00. The fourth-order valence-electron chi connectivity index (χ4n) is 1.55. The highest BCUT2D eigenvalue weighted by molar-refractivity contribution is 9.10. The van der Waals surface area contributed by atoms with Crippen LogP contribution in [-0.2, 0) is 0 Å². The van der Waals surface area contributed by atoms with Crippen molar-refractivity contribution in [2.45, 2.75) is 0 Å². The molecule has 0 saturated heterocycles. The van der Waals surface area contributed by atoms with Gasteiger partial charge in [-0.15, -0.1) is 0 Å². The summed E-state index contributed by atoms with van der Waals surface area (Å²) in [4.78, 5) is 11.9. The molecule has 0 unspecified atom stereocenters. The molecule has 2 aromatic carbocycles. The maximum Gasteiger partial charge on any atom is 0.204 e. The van der Waals surface area contributed by atoms with Crippen LogP contribution in [0, 0.1) is 0 Å². The van der Waals surface area contributed by atoms with Crippen molar-refractivity contribution in [1.82, 2.24) is 0 Å². The lowest BCUT2D eigenvalue weighted by Gasteiger charge is -2.08. The van der Waals surface area contributed by atoms with E-state index in [1.54, 1.807) is 24.3 Å². The molecule has 0 atom stereocenters.